The predicted molar refractivity (Wildman–Crippen MR) is 67.4 cm³/mol. The lowest BCUT2D eigenvalue weighted by Crippen LogP contribution is -1.97. The highest BCUT2D eigenvalue weighted by atomic mass is 28.3. The lowest BCUT2D eigenvalue weighted by molar-refractivity contribution is 0.584. The summed E-state index contributed by atoms with van der Waals surface area (Å²) in [6.07, 6.45) is 11.7. The average molecular weight is 219 g/mol. The monoisotopic (exact) mass is 219 g/mol. The molecule has 0 saturated carbocycles. The first kappa shape index (κ1) is 16.6. The summed E-state index contributed by atoms with van der Waals surface area (Å²) in [5, 5.41) is 0. The summed E-state index contributed by atoms with van der Waals surface area (Å²) in [6.45, 7) is 7.13. The molecule has 0 aliphatic heterocycles. The Labute approximate surface area is 91.5 Å². The molecule has 14 heavy (non-hydrogen) atoms. The molecular weight excluding hydrogens is 191 g/mol. The van der Waals surface area contributed by atoms with Crippen molar-refractivity contribution in [2.75, 3.05) is 0 Å². The standard InChI is InChI=1S/C12H27Si.FH/c1-4-5-6-7-8-9-10-11-12-13(2)3;/h4-12H2,1-3H3;1H. The molecule has 0 aliphatic carbocycles. The van der Waals surface area contributed by atoms with Crippen LogP contribution in [0.3, 0.4) is 0 Å². The Balaban J connectivity index is 0. The van der Waals surface area contributed by atoms with E-state index in [1.807, 2.05) is 0 Å². The molecule has 0 fully saturated rings. The summed E-state index contributed by atoms with van der Waals surface area (Å²) in [5.41, 5.74) is 0. The highest BCUT2D eigenvalue weighted by molar-refractivity contribution is 6.55. The molecule has 0 bridgehead atoms. The Morgan fingerprint density at radius 1 is 0.714 bits per heavy atom. The van der Waals surface area contributed by atoms with Crippen LogP contribution in [0.25, 0.3) is 0 Å². The second kappa shape index (κ2) is 13.1. The molecule has 0 aromatic heterocycles. The Kier molecular flexibility index (Phi) is 15.6. The van der Waals surface area contributed by atoms with Crippen molar-refractivity contribution in [3.63, 3.8) is 0 Å². The van der Waals surface area contributed by atoms with Crippen LogP contribution in [0.15, 0.2) is 0 Å². The van der Waals surface area contributed by atoms with Crippen molar-refractivity contribution in [3.05, 3.63) is 0 Å². The highest BCUT2D eigenvalue weighted by Gasteiger charge is 1.95. The van der Waals surface area contributed by atoms with Gasteiger partial charge < -0.3 is 0 Å². The van der Waals surface area contributed by atoms with E-state index < -0.39 is 0 Å². The molecule has 0 N–H and O–H groups in total. The minimum Gasteiger partial charge on any atom is -0.269 e. The van der Waals surface area contributed by atoms with E-state index in [2.05, 4.69) is 20.0 Å². The van der Waals surface area contributed by atoms with Crippen LogP contribution in [0, 0.1) is 0 Å². The molecule has 0 spiro atoms. The van der Waals surface area contributed by atoms with Crippen molar-refractivity contribution in [1.82, 2.24) is 0 Å². The van der Waals surface area contributed by atoms with Gasteiger partial charge >= 0.3 is 0 Å². The third-order valence-corrected chi connectivity index (χ3v) is 3.88. The van der Waals surface area contributed by atoms with Crippen LogP contribution in [0.5, 0.6) is 0 Å². The second-order valence-corrected chi connectivity index (χ2v) is 7.35. The molecule has 0 rings (SSSR count). The van der Waals surface area contributed by atoms with Gasteiger partial charge in [0.05, 0.1) is 0 Å². The molecule has 0 aromatic carbocycles. The third kappa shape index (κ3) is 14.7. The fourth-order valence-corrected chi connectivity index (χ4v) is 2.57. The minimum absolute atomic E-state index is 0. The first-order chi connectivity index (χ1) is 6.27. The van der Waals surface area contributed by atoms with Gasteiger partial charge in [-0.1, -0.05) is 77.4 Å². The van der Waals surface area contributed by atoms with Crippen molar-refractivity contribution in [2.24, 2.45) is 0 Å². The van der Waals surface area contributed by atoms with Crippen LogP contribution >= 0.6 is 0 Å². The van der Waals surface area contributed by atoms with Gasteiger partial charge in [0.1, 0.15) is 0 Å². The summed E-state index contributed by atoms with van der Waals surface area (Å²) in [6, 6.07) is 1.53. The number of halogens is 1. The molecule has 2 heteroatoms. The molecule has 0 unspecified atom stereocenters. The molecule has 87 valence electrons. The quantitative estimate of drug-likeness (QED) is 0.377. The zero-order valence-corrected chi connectivity index (χ0v) is 11.3. The smallest absolute Gasteiger partial charge is 0.0412 e. The average Bonchev–Trinajstić information content (AvgIpc) is 2.09. The van der Waals surface area contributed by atoms with Gasteiger partial charge in [-0.3, -0.25) is 4.70 Å². The number of hydrogen-bond donors (Lipinski definition) is 0. The summed E-state index contributed by atoms with van der Waals surface area (Å²) in [7, 11) is 0.0644. The molecule has 0 saturated heterocycles. The van der Waals surface area contributed by atoms with Gasteiger partial charge in [0.25, 0.3) is 0 Å². The van der Waals surface area contributed by atoms with Crippen LogP contribution in [0.1, 0.15) is 58.3 Å². The SMILES string of the molecule is CCCCCCCCCC[Si](C)C.F. The lowest BCUT2D eigenvalue weighted by atomic mass is 10.1. The van der Waals surface area contributed by atoms with Crippen molar-refractivity contribution in [2.45, 2.75) is 77.4 Å². The summed E-state index contributed by atoms with van der Waals surface area (Å²) in [4.78, 5) is 0. The van der Waals surface area contributed by atoms with E-state index in [1.54, 1.807) is 0 Å². The van der Waals surface area contributed by atoms with Gasteiger partial charge in [-0.15, -0.1) is 0 Å². The van der Waals surface area contributed by atoms with Gasteiger partial charge in [-0.05, 0) is 0 Å². The van der Waals surface area contributed by atoms with Crippen LogP contribution in [0.4, 0.5) is 4.70 Å². The Hall–Kier alpha value is 0.147. The zero-order chi connectivity index (χ0) is 9.94. The van der Waals surface area contributed by atoms with E-state index in [4.69, 9.17) is 0 Å². The van der Waals surface area contributed by atoms with Gasteiger partial charge in [0, 0.05) is 8.80 Å². The maximum Gasteiger partial charge on any atom is 0.0412 e. The van der Waals surface area contributed by atoms with Gasteiger partial charge in [0.2, 0.25) is 0 Å². The van der Waals surface area contributed by atoms with Crippen LogP contribution in [0.2, 0.25) is 19.1 Å². The molecule has 0 heterocycles. The summed E-state index contributed by atoms with van der Waals surface area (Å²) in [5.74, 6) is 0. The third-order valence-electron chi connectivity index (χ3n) is 2.53. The maximum atomic E-state index is 2.42. The number of unbranched alkanes of at least 4 members (excludes halogenated alkanes) is 7. The van der Waals surface area contributed by atoms with Crippen LogP contribution in [-0.4, -0.2) is 8.80 Å². The predicted octanol–water partition coefficient (Wildman–Crippen LogP) is 5.03. The van der Waals surface area contributed by atoms with E-state index in [1.165, 1.54) is 57.4 Å². The fraction of sp³-hybridized carbons (Fsp3) is 1.00. The molecule has 0 amide bonds. The summed E-state index contributed by atoms with van der Waals surface area (Å²) < 4.78 is 0. The van der Waals surface area contributed by atoms with E-state index >= 15 is 0 Å². The minimum atomic E-state index is 0. The highest BCUT2D eigenvalue weighted by Crippen LogP contribution is 2.10. The van der Waals surface area contributed by atoms with Gasteiger partial charge in [-0.25, -0.2) is 0 Å². The molecule has 0 atom stereocenters. The Morgan fingerprint density at radius 3 is 1.57 bits per heavy atom. The number of rotatable bonds is 9. The van der Waals surface area contributed by atoms with Crippen molar-refractivity contribution in [1.29, 1.82) is 0 Å². The first-order valence-corrected chi connectivity index (χ1v) is 8.77. The Bertz CT molecular complexity index is 94.3. The van der Waals surface area contributed by atoms with Crippen molar-refractivity contribution in [3.8, 4) is 0 Å². The zero-order valence-electron chi connectivity index (χ0n) is 10.3. The van der Waals surface area contributed by atoms with E-state index in [0.717, 1.165) is 0 Å². The lowest BCUT2D eigenvalue weighted by Gasteiger charge is -2.02. The summed E-state index contributed by atoms with van der Waals surface area (Å²) >= 11 is 0. The van der Waals surface area contributed by atoms with E-state index in [0.29, 0.717) is 0 Å². The van der Waals surface area contributed by atoms with Crippen molar-refractivity contribution >= 4 is 8.80 Å². The molecular formula is C12H28FSi. The fourth-order valence-electron chi connectivity index (χ4n) is 1.61. The largest absolute Gasteiger partial charge is 0.269 e. The topological polar surface area (TPSA) is 0 Å². The van der Waals surface area contributed by atoms with Gasteiger partial charge in [0.15, 0.2) is 0 Å². The molecule has 0 aliphatic rings. The maximum absolute atomic E-state index is 2.42. The van der Waals surface area contributed by atoms with E-state index in [9.17, 15) is 0 Å². The molecule has 0 aromatic rings. The first-order valence-electron chi connectivity index (χ1n) is 6.06. The van der Waals surface area contributed by atoms with Crippen LogP contribution < -0.4 is 0 Å². The van der Waals surface area contributed by atoms with E-state index in [-0.39, 0.29) is 13.5 Å². The normalized spacial score (nSPS) is 10.3. The van der Waals surface area contributed by atoms with Crippen LogP contribution in [-0.2, 0) is 0 Å². The Morgan fingerprint density at radius 2 is 1.14 bits per heavy atom. The van der Waals surface area contributed by atoms with Gasteiger partial charge in [-0.2, -0.15) is 0 Å². The second-order valence-electron chi connectivity index (χ2n) is 4.43. The molecule has 0 nitrogen and oxygen atoms in total. The van der Waals surface area contributed by atoms with Crippen molar-refractivity contribution < 1.29 is 4.70 Å². The molecule has 1 radical (unpaired) electrons. The number of hydrogen-bond acceptors (Lipinski definition) is 0.